The van der Waals surface area contributed by atoms with Gasteiger partial charge in [-0.3, -0.25) is 14.2 Å². The quantitative estimate of drug-likeness (QED) is 0.750. The van der Waals surface area contributed by atoms with Crippen LogP contribution in [-0.2, 0) is 11.0 Å². The molecule has 0 spiro atoms. The maximum absolute atomic E-state index is 12.8. The summed E-state index contributed by atoms with van der Waals surface area (Å²) in [5.74, 6) is -0.587. The normalized spacial score (nSPS) is 12.7. The standard InChI is InChI=1S/C19H16F3N3O2/c1-2-16(25-11-23-15-9-4-3-8-14(15)18(25)27)17(26)24-13-7-5-6-12(10-13)19(20,21)22/h3-11,16H,2H2,1H3,(H,24,26). The predicted octanol–water partition coefficient (Wildman–Crippen LogP) is 4.01. The van der Waals surface area contributed by atoms with Crippen molar-refractivity contribution in [3.63, 3.8) is 0 Å². The van der Waals surface area contributed by atoms with Crippen molar-refractivity contribution in [3.05, 3.63) is 70.8 Å². The van der Waals surface area contributed by atoms with Crippen LogP contribution in [0.1, 0.15) is 24.9 Å². The van der Waals surface area contributed by atoms with E-state index >= 15 is 0 Å². The van der Waals surface area contributed by atoms with Gasteiger partial charge in [-0.2, -0.15) is 13.2 Å². The number of rotatable bonds is 4. The maximum atomic E-state index is 12.8. The fraction of sp³-hybridized carbons (Fsp3) is 0.211. The molecule has 0 aliphatic rings. The van der Waals surface area contributed by atoms with Gasteiger partial charge in [-0.05, 0) is 36.8 Å². The molecule has 140 valence electrons. The largest absolute Gasteiger partial charge is 0.416 e. The second-order valence-corrected chi connectivity index (χ2v) is 5.97. The third-order valence-electron chi connectivity index (χ3n) is 4.17. The second-order valence-electron chi connectivity index (χ2n) is 5.97. The third kappa shape index (κ3) is 3.84. The lowest BCUT2D eigenvalue weighted by Crippen LogP contribution is -2.33. The van der Waals surface area contributed by atoms with E-state index < -0.39 is 23.7 Å². The number of amides is 1. The zero-order chi connectivity index (χ0) is 19.6. The molecule has 0 bridgehead atoms. The molecule has 0 radical (unpaired) electrons. The highest BCUT2D eigenvalue weighted by molar-refractivity contribution is 5.94. The van der Waals surface area contributed by atoms with E-state index in [1.807, 2.05) is 0 Å². The molecule has 1 atom stereocenters. The number of halogens is 3. The first-order valence-corrected chi connectivity index (χ1v) is 8.25. The van der Waals surface area contributed by atoms with Gasteiger partial charge in [0.05, 0.1) is 22.8 Å². The summed E-state index contributed by atoms with van der Waals surface area (Å²) in [6, 6.07) is 10.2. The monoisotopic (exact) mass is 375 g/mol. The molecule has 3 aromatic rings. The Hall–Kier alpha value is -3.16. The summed E-state index contributed by atoms with van der Waals surface area (Å²) in [5, 5.41) is 2.82. The Balaban J connectivity index is 1.92. The smallest absolute Gasteiger partial charge is 0.324 e. The number of carbonyl (C=O) groups excluding carboxylic acids is 1. The van der Waals surface area contributed by atoms with Crippen LogP contribution in [0.3, 0.4) is 0 Å². The number of nitrogens with one attached hydrogen (secondary N) is 1. The van der Waals surface area contributed by atoms with Gasteiger partial charge < -0.3 is 5.32 Å². The molecule has 1 amide bonds. The number of nitrogens with zero attached hydrogens (tertiary/aromatic N) is 2. The van der Waals surface area contributed by atoms with Gasteiger partial charge in [0.2, 0.25) is 5.91 Å². The molecule has 5 nitrogen and oxygen atoms in total. The highest BCUT2D eigenvalue weighted by atomic mass is 19.4. The average Bonchev–Trinajstić information content (AvgIpc) is 2.64. The Labute approximate surface area is 152 Å². The van der Waals surface area contributed by atoms with Crippen LogP contribution in [0.4, 0.5) is 18.9 Å². The van der Waals surface area contributed by atoms with Crippen LogP contribution in [0, 0.1) is 0 Å². The fourth-order valence-corrected chi connectivity index (χ4v) is 2.81. The van der Waals surface area contributed by atoms with Crippen LogP contribution in [0.2, 0.25) is 0 Å². The van der Waals surface area contributed by atoms with Crippen molar-refractivity contribution in [2.45, 2.75) is 25.6 Å². The van der Waals surface area contributed by atoms with E-state index in [1.54, 1.807) is 31.2 Å². The number of alkyl halides is 3. The number of hydrogen-bond donors (Lipinski definition) is 1. The van der Waals surface area contributed by atoms with Gasteiger partial charge in [0.1, 0.15) is 6.04 Å². The van der Waals surface area contributed by atoms with Crippen molar-refractivity contribution in [1.29, 1.82) is 0 Å². The molecule has 0 aliphatic heterocycles. The molecular formula is C19H16F3N3O2. The van der Waals surface area contributed by atoms with E-state index in [-0.39, 0.29) is 17.7 Å². The highest BCUT2D eigenvalue weighted by Crippen LogP contribution is 2.30. The van der Waals surface area contributed by atoms with E-state index in [2.05, 4.69) is 10.3 Å². The molecule has 8 heteroatoms. The van der Waals surface area contributed by atoms with Crippen molar-refractivity contribution < 1.29 is 18.0 Å². The van der Waals surface area contributed by atoms with Gasteiger partial charge >= 0.3 is 6.18 Å². The molecule has 0 saturated carbocycles. The lowest BCUT2D eigenvalue weighted by Gasteiger charge is -2.18. The van der Waals surface area contributed by atoms with E-state index in [1.165, 1.54) is 23.0 Å². The van der Waals surface area contributed by atoms with Crippen molar-refractivity contribution in [3.8, 4) is 0 Å². The summed E-state index contributed by atoms with van der Waals surface area (Å²) in [6.07, 6.45) is -2.96. The number of aromatic nitrogens is 2. The average molecular weight is 375 g/mol. The Bertz CT molecular complexity index is 1040. The highest BCUT2D eigenvalue weighted by Gasteiger charge is 2.30. The van der Waals surface area contributed by atoms with Crippen molar-refractivity contribution in [1.82, 2.24) is 9.55 Å². The Morgan fingerprint density at radius 1 is 1.19 bits per heavy atom. The summed E-state index contributed by atoms with van der Waals surface area (Å²) >= 11 is 0. The van der Waals surface area contributed by atoms with Crippen molar-refractivity contribution >= 4 is 22.5 Å². The van der Waals surface area contributed by atoms with E-state index in [9.17, 15) is 22.8 Å². The first-order valence-electron chi connectivity index (χ1n) is 8.25. The van der Waals surface area contributed by atoms with Crippen LogP contribution in [-0.4, -0.2) is 15.5 Å². The fourth-order valence-electron chi connectivity index (χ4n) is 2.81. The van der Waals surface area contributed by atoms with Gasteiger partial charge in [0, 0.05) is 5.69 Å². The molecule has 0 aliphatic carbocycles. The van der Waals surface area contributed by atoms with E-state index in [0.717, 1.165) is 12.1 Å². The number of fused-ring (bicyclic) bond motifs is 1. The lowest BCUT2D eigenvalue weighted by atomic mass is 10.1. The first-order chi connectivity index (χ1) is 12.8. The molecule has 1 unspecified atom stereocenters. The number of carbonyl (C=O) groups is 1. The van der Waals surface area contributed by atoms with Gasteiger partial charge in [-0.1, -0.05) is 25.1 Å². The minimum Gasteiger partial charge on any atom is -0.324 e. The topological polar surface area (TPSA) is 64.0 Å². The van der Waals surface area contributed by atoms with Crippen molar-refractivity contribution in [2.24, 2.45) is 0 Å². The van der Waals surface area contributed by atoms with Gasteiger partial charge in [-0.15, -0.1) is 0 Å². The number of para-hydroxylation sites is 1. The molecule has 27 heavy (non-hydrogen) atoms. The maximum Gasteiger partial charge on any atom is 0.416 e. The summed E-state index contributed by atoms with van der Waals surface area (Å²) in [5.41, 5.74) is -0.730. The molecule has 0 fully saturated rings. The Morgan fingerprint density at radius 3 is 2.63 bits per heavy atom. The summed E-state index contributed by atoms with van der Waals surface area (Å²) < 4.78 is 39.7. The number of benzene rings is 2. The zero-order valence-corrected chi connectivity index (χ0v) is 14.3. The molecule has 0 saturated heterocycles. The van der Waals surface area contributed by atoms with Gasteiger partial charge in [0.15, 0.2) is 0 Å². The molecular weight excluding hydrogens is 359 g/mol. The second kappa shape index (κ2) is 7.22. The zero-order valence-electron chi connectivity index (χ0n) is 14.3. The molecule has 1 aromatic heterocycles. The van der Waals surface area contributed by atoms with Crippen LogP contribution in [0.25, 0.3) is 10.9 Å². The summed E-state index contributed by atoms with van der Waals surface area (Å²) in [7, 11) is 0. The molecule has 2 aromatic carbocycles. The number of anilines is 1. The SMILES string of the molecule is CCC(C(=O)Nc1cccc(C(F)(F)F)c1)n1cnc2ccccc2c1=O. The predicted molar refractivity (Wildman–Crippen MR) is 95.4 cm³/mol. The molecule has 3 rings (SSSR count). The number of hydrogen-bond acceptors (Lipinski definition) is 3. The summed E-state index contributed by atoms with van der Waals surface area (Å²) in [4.78, 5) is 29.5. The minimum absolute atomic E-state index is 0.00933. The minimum atomic E-state index is -4.51. The third-order valence-corrected chi connectivity index (χ3v) is 4.17. The van der Waals surface area contributed by atoms with E-state index in [0.29, 0.717) is 10.9 Å². The van der Waals surface area contributed by atoms with Crippen LogP contribution in [0.15, 0.2) is 59.7 Å². The summed E-state index contributed by atoms with van der Waals surface area (Å²) in [6.45, 7) is 1.71. The Morgan fingerprint density at radius 2 is 1.93 bits per heavy atom. The molecule has 1 heterocycles. The van der Waals surface area contributed by atoms with Crippen LogP contribution >= 0.6 is 0 Å². The van der Waals surface area contributed by atoms with Gasteiger partial charge in [0.25, 0.3) is 5.56 Å². The van der Waals surface area contributed by atoms with Crippen LogP contribution in [0.5, 0.6) is 0 Å². The lowest BCUT2D eigenvalue weighted by molar-refractivity contribution is -0.137. The first kappa shape index (κ1) is 18.6. The Kier molecular flexibility index (Phi) is 4.98. The van der Waals surface area contributed by atoms with Crippen LogP contribution < -0.4 is 10.9 Å². The van der Waals surface area contributed by atoms with Gasteiger partial charge in [-0.25, -0.2) is 4.98 Å². The molecule has 1 N–H and O–H groups in total. The van der Waals surface area contributed by atoms with E-state index in [4.69, 9.17) is 0 Å². The van der Waals surface area contributed by atoms with Crippen molar-refractivity contribution in [2.75, 3.05) is 5.32 Å².